The number of rotatable bonds is 3. The number of alkyl halides is 3. The first-order chi connectivity index (χ1) is 13.6. The molecule has 4 aromatic rings. The Balaban J connectivity index is 1.97. The van der Waals surface area contributed by atoms with Gasteiger partial charge in [0.05, 0.1) is 24.0 Å². The van der Waals surface area contributed by atoms with Crippen molar-refractivity contribution in [1.82, 2.24) is 0 Å². The van der Waals surface area contributed by atoms with Gasteiger partial charge in [-0.1, -0.05) is 62.1 Å². The van der Waals surface area contributed by atoms with Gasteiger partial charge < -0.3 is 4.90 Å². The molecule has 1 nitrogen and oxygen atoms in total. The number of para-hydroxylation sites is 1. The van der Waals surface area contributed by atoms with E-state index in [9.17, 15) is 13.2 Å². The van der Waals surface area contributed by atoms with E-state index >= 15 is 0 Å². The Kier molecular flexibility index (Phi) is 4.74. The number of hydrogen-bond donors (Lipinski definition) is 0. The Hall–Kier alpha value is -2.31. The summed E-state index contributed by atoms with van der Waals surface area (Å²) in [5.41, 5.74) is 1.49. The fourth-order valence-electron chi connectivity index (χ4n) is 3.82. The second-order valence-electron chi connectivity index (χ2n) is 8.26. The SMILES string of the molecule is CN(c1ccccc1[Si](C)(C)C)c1cccc2c1sc1c(C(F)(F)F)cccc12. The molecule has 150 valence electrons. The Bertz CT molecular complexity index is 1200. The lowest BCUT2D eigenvalue weighted by Gasteiger charge is -2.28. The van der Waals surface area contributed by atoms with E-state index < -0.39 is 19.8 Å². The van der Waals surface area contributed by atoms with Crippen LogP contribution in [-0.2, 0) is 6.18 Å². The van der Waals surface area contributed by atoms with Gasteiger partial charge in [-0.05, 0) is 23.4 Å². The van der Waals surface area contributed by atoms with E-state index in [4.69, 9.17) is 0 Å². The van der Waals surface area contributed by atoms with Gasteiger partial charge in [-0.15, -0.1) is 11.3 Å². The Morgan fingerprint density at radius 1 is 0.759 bits per heavy atom. The fourth-order valence-corrected chi connectivity index (χ4v) is 6.82. The predicted molar refractivity (Wildman–Crippen MR) is 122 cm³/mol. The molecular formula is C23H22F3NSSi. The van der Waals surface area contributed by atoms with Crippen LogP contribution in [0.1, 0.15) is 5.56 Å². The average molecular weight is 430 g/mol. The maximum atomic E-state index is 13.6. The van der Waals surface area contributed by atoms with Crippen molar-refractivity contribution in [3.8, 4) is 0 Å². The maximum Gasteiger partial charge on any atom is 0.417 e. The molecule has 0 aliphatic rings. The van der Waals surface area contributed by atoms with E-state index in [0.29, 0.717) is 10.1 Å². The molecule has 0 unspecified atom stereocenters. The van der Waals surface area contributed by atoms with Crippen molar-refractivity contribution < 1.29 is 13.2 Å². The van der Waals surface area contributed by atoms with E-state index in [1.807, 2.05) is 31.3 Å². The van der Waals surface area contributed by atoms with Gasteiger partial charge in [0.15, 0.2) is 0 Å². The van der Waals surface area contributed by atoms with Gasteiger partial charge in [0.1, 0.15) is 0 Å². The van der Waals surface area contributed by atoms with Crippen LogP contribution in [0, 0.1) is 0 Å². The smallest absolute Gasteiger partial charge is 0.344 e. The largest absolute Gasteiger partial charge is 0.417 e. The van der Waals surface area contributed by atoms with E-state index in [0.717, 1.165) is 21.5 Å². The molecular weight excluding hydrogens is 407 g/mol. The molecule has 4 rings (SSSR count). The number of thiophene rings is 1. The quantitative estimate of drug-likeness (QED) is 0.307. The molecule has 0 N–H and O–H groups in total. The molecule has 0 aliphatic heterocycles. The molecule has 0 bridgehead atoms. The summed E-state index contributed by atoms with van der Waals surface area (Å²) in [7, 11) is 0.409. The Morgan fingerprint density at radius 3 is 2.00 bits per heavy atom. The monoisotopic (exact) mass is 429 g/mol. The van der Waals surface area contributed by atoms with Crippen molar-refractivity contribution in [3.05, 3.63) is 66.2 Å². The van der Waals surface area contributed by atoms with Crippen LogP contribution >= 0.6 is 11.3 Å². The minimum Gasteiger partial charge on any atom is -0.344 e. The summed E-state index contributed by atoms with van der Waals surface area (Å²) >= 11 is 1.23. The highest BCUT2D eigenvalue weighted by Gasteiger charge is 2.33. The van der Waals surface area contributed by atoms with Gasteiger partial charge in [0.2, 0.25) is 0 Å². The number of hydrogen-bond acceptors (Lipinski definition) is 2. The van der Waals surface area contributed by atoms with Crippen molar-refractivity contribution in [2.75, 3.05) is 11.9 Å². The summed E-state index contributed by atoms with van der Waals surface area (Å²) in [6.07, 6.45) is -4.36. The third-order valence-corrected chi connectivity index (χ3v) is 8.56. The van der Waals surface area contributed by atoms with Crippen molar-refractivity contribution in [2.45, 2.75) is 25.8 Å². The van der Waals surface area contributed by atoms with Crippen LogP contribution in [0.15, 0.2) is 60.7 Å². The normalized spacial score (nSPS) is 12.7. The minimum atomic E-state index is -4.36. The molecule has 0 aliphatic carbocycles. The fraction of sp³-hybridized carbons (Fsp3) is 0.217. The second kappa shape index (κ2) is 6.88. The van der Waals surface area contributed by atoms with Gasteiger partial charge in [0.25, 0.3) is 0 Å². The number of fused-ring (bicyclic) bond motifs is 3. The molecule has 0 atom stereocenters. The lowest BCUT2D eigenvalue weighted by atomic mass is 10.1. The molecule has 6 heteroatoms. The molecule has 0 spiro atoms. The highest BCUT2D eigenvalue weighted by molar-refractivity contribution is 7.26. The molecule has 0 radical (unpaired) electrons. The Labute approximate surface area is 173 Å². The van der Waals surface area contributed by atoms with Crippen molar-refractivity contribution in [1.29, 1.82) is 0 Å². The van der Waals surface area contributed by atoms with Crippen molar-refractivity contribution >= 4 is 56.1 Å². The molecule has 29 heavy (non-hydrogen) atoms. The molecule has 0 saturated carbocycles. The van der Waals surface area contributed by atoms with E-state index in [1.165, 1.54) is 28.7 Å². The molecule has 1 heterocycles. The van der Waals surface area contributed by atoms with E-state index in [-0.39, 0.29) is 0 Å². The zero-order valence-electron chi connectivity index (χ0n) is 16.8. The summed E-state index contributed by atoms with van der Waals surface area (Å²) in [5.74, 6) is 0. The number of halogens is 3. The highest BCUT2D eigenvalue weighted by Crippen LogP contribution is 2.45. The number of anilines is 2. The highest BCUT2D eigenvalue weighted by atomic mass is 32.1. The number of benzene rings is 3. The molecule has 1 aromatic heterocycles. The van der Waals surface area contributed by atoms with Gasteiger partial charge in [0, 0.05) is 28.2 Å². The molecule has 3 aromatic carbocycles. The third-order valence-electron chi connectivity index (χ3n) is 5.24. The van der Waals surface area contributed by atoms with Gasteiger partial charge >= 0.3 is 6.18 Å². The van der Waals surface area contributed by atoms with Gasteiger partial charge in [-0.2, -0.15) is 13.2 Å². The second-order valence-corrected chi connectivity index (χ2v) is 14.3. The van der Waals surface area contributed by atoms with E-state index in [1.54, 1.807) is 6.07 Å². The first-order valence-electron chi connectivity index (χ1n) is 9.44. The first-order valence-corrected chi connectivity index (χ1v) is 13.8. The predicted octanol–water partition coefficient (Wildman–Crippen LogP) is 7.39. The summed E-state index contributed by atoms with van der Waals surface area (Å²) in [4.78, 5) is 2.12. The molecule has 0 saturated heterocycles. The van der Waals surface area contributed by atoms with Crippen LogP contribution in [0.2, 0.25) is 19.6 Å². The maximum absolute atomic E-state index is 13.6. The van der Waals surface area contributed by atoms with Crippen LogP contribution < -0.4 is 10.1 Å². The van der Waals surface area contributed by atoms with Crippen LogP contribution in [0.3, 0.4) is 0 Å². The standard InChI is InChI=1S/C23H22F3NSSi/c1-27(18-12-5-6-14-20(18)29(2,3)4)19-13-8-10-16-15-9-7-11-17(23(24,25)26)21(15)28-22(16)19/h5-14H,1-4H3. The lowest BCUT2D eigenvalue weighted by Crippen LogP contribution is -2.40. The zero-order valence-corrected chi connectivity index (χ0v) is 18.6. The van der Waals surface area contributed by atoms with Crippen LogP contribution in [0.5, 0.6) is 0 Å². The minimum absolute atomic E-state index is 0.300. The van der Waals surface area contributed by atoms with Gasteiger partial charge in [-0.25, -0.2) is 0 Å². The topological polar surface area (TPSA) is 3.24 Å². The van der Waals surface area contributed by atoms with E-state index in [2.05, 4.69) is 42.7 Å². The Morgan fingerprint density at radius 2 is 1.34 bits per heavy atom. The van der Waals surface area contributed by atoms with Crippen LogP contribution in [-0.4, -0.2) is 15.1 Å². The first kappa shape index (κ1) is 20.0. The zero-order chi connectivity index (χ0) is 21.0. The summed E-state index contributed by atoms with van der Waals surface area (Å²) in [6, 6.07) is 18.6. The molecule has 0 fully saturated rings. The van der Waals surface area contributed by atoms with Crippen molar-refractivity contribution in [2.24, 2.45) is 0 Å². The average Bonchev–Trinajstić information content (AvgIpc) is 3.04. The van der Waals surface area contributed by atoms with Crippen LogP contribution in [0.4, 0.5) is 24.5 Å². The van der Waals surface area contributed by atoms with Crippen molar-refractivity contribution in [3.63, 3.8) is 0 Å². The van der Waals surface area contributed by atoms with Crippen LogP contribution in [0.25, 0.3) is 20.2 Å². The summed E-state index contributed by atoms with van der Waals surface area (Å²) in [5, 5.41) is 2.86. The summed E-state index contributed by atoms with van der Waals surface area (Å²) < 4.78 is 41.8. The third kappa shape index (κ3) is 3.44. The molecule has 0 amide bonds. The van der Waals surface area contributed by atoms with Gasteiger partial charge in [-0.3, -0.25) is 0 Å². The number of nitrogens with zero attached hydrogens (tertiary/aromatic N) is 1. The summed E-state index contributed by atoms with van der Waals surface area (Å²) in [6.45, 7) is 6.90. The lowest BCUT2D eigenvalue weighted by molar-refractivity contribution is -0.136.